The molecule has 1 unspecified atom stereocenters. The van der Waals surface area contributed by atoms with Crippen LogP contribution in [0.5, 0.6) is 0 Å². The van der Waals surface area contributed by atoms with E-state index >= 15 is 0 Å². The fourth-order valence-corrected chi connectivity index (χ4v) is 1.29. The summed E-state index contributed by atoms with van der Waals surface area (Å²) in [5, 5.41) is 20.5. The zero-order chi connectivity index (χ0) is 12.0. The van der Waals surface area contributed by atoms with E-state index in [1.165, 1.54) is 12.1 Å². The minimum atomic E-state index is -0.960. The highest BCUT2D eigenvalue weighted by Crippen LogP contribution is 2.25. The number of rotatable bonds is 4. The Balaban J connectivity index is 2.98. The van der Waals surface area contributed by atoms with Crippen LogP contribution in [-0.2, 0) is 0 Å². The lowest BCUT2D eigenvalue weighted by Crippen LogP contribution is -1.99. The van der Waals surface area contributed by atoms with Crippen LogP contribution >= 0.6 is 0 Å². The van der Waals surface area contributed by atoms with Gasteiger partial charge < -0.3 is 5.11 Å². The molecule has 1 N–H and O–H groups in total. The van der Waals surface area contributed by atoms with Crippen LogP contribution in [0.15, 0.2) is 48.6 Å². The van der Waals surface area contributed by atoms with Gasteiger partial charge in [0, 0.05) is 6.07 Å². The lowest BCUT2D eigenvalue weighted by molar-refractivity contribution is -0.386. The number of nitro benzene ring substituents is 1. The fourth-order valence-electron chi connectivity index (χ4n) is 1.29. The molecule has 0 radical (unpaired) electrons. The molecule has 0 spiro atoms. The first kappa shape index (κ1) is 12.1. The molecule has 4 nitrogen and oxygen atoms in total. The highest BCUT2D eigenvalue weighted by atomic mass is 16.6. The number of nitrogens with zero attached hydrogens (tertiary/aromatic N) is 1. The van der Waals surface area contributed by atoms with Crippen LogP contribution in [0.1, 0.15) is 18.6 Å². The van der Waals surface area contributed by atoms with E-state index in [0.717, 1.165) is 0 Å². The lowest BCUT2D eigenvalue weighted by Gasteiger charge is -2.05. The van der Waals surface area contributed by atoms with Gasteiger partial charge in [0.1, 0.15) is 6.10 Å². The Bertz CT molecular complexity index is 424. The molecule has 4 heteroatoms. The lowest BCUT2D eigenvalue weighted by atomic mass is 10.1. The zero-order valence-corrected chi connectivity index (χ0v) is 8.91. The molecule has 84 valence electrons. The summed E-state index contributed by atoms with van der Waals surface area (Å²) in [6.07, 6.45) is 5.75. The van der Waals surface area contributed by atoms with Crippen molar-refractivity contribution in [3.8, 4) is 0 Å². The second-order valence-electron chi connectivity index (χ2n) is 3.17. The summed E-state index contributed by atoms with van der Waals surface area (Å²) in [5.41, 5.74) is 0.230. The second-order valence-corrected chi connectivity index (χ2v) is 3.17. The smallest absolute Gasteiger partial charge is 0.275 e. The first-order chi connectivity index (χ1) is 7.66. The van der Waals surface area contributed by atoms with E-state index in [-0.39, 0.29) is 5.69 Å². The largest absolute Gasteiger partial charge is 0.384 e. The van der Waals surface area contributed by atoms with Crippen molar-refractivity contribution < 1.29 is 10.0 Å². The van der Waals surface area contributed by atoms with Gasteiger partial charge in [0.2, 0.25) is 0 Å². The topological polar surface area (TPSA) is 63.4 Å². The summed E-state index contributed by atoms with van der Waals surface area (Å²) in [5.74, 6) is 0. The molecule has 0 bridgehead atoms. The Hall–Kier alpha value is -1.94. The van der Waals surface area contributed by atoms with E-state index in [9.17, 15) is 15.2 Å². The van der Waals surface area contributed by atoms with Crippen molar-refractivity contribution >= 4 is 5.69 Å². The van der Waals surface area contributed by atoms with Crippen LogP contribution in [0.2, 0.25) is 0 Å². The predicted molar refractivity (Wildman–Crippen MR) is 62.0 cm³/mol. The number of para-hydroxylation sites is 1. The number of aliphatic hydroxyl groups is 1. The Morgan fingerprint density at radius 2 is 2.06 bits per heavy atom. The Kier molecular flexibility index (Phi) is 4.42. The van der Waals surface area contributed by atoms with Crippen LogP contribution in [0.4, 0.5) is 5.69 Å². The highest BCUT2D eigenvalue weighted by molar-refractivity contribution is 5.42. The molecule has 0 saturated heterocycles. The van der Waals surface area contributed by atoms with E-state index in [1.54, 1.807) is 30.4 Å². The highest BCUT2D eigenvalue weighted by Gasteiger charge is 2.16. The average molecular weight is 219 g/mol. The minimum absolute atomic E-state index is 0.0693. The van der Waals surface area contributed by atoms with Crippen molar-refractivity contribution in [1.29, 1.82) is 0 Å². The predicted octanol–water partition coefficient (Wildman–Crippen LogP) is 2.76. The van der Waals surface area contributed by atoms with E-state index in [2.05, 4.69) is 0 Å². The van der Waals surface area contributed by atoms with Gasteiger partial charge in [0.15, 0.2) is 0 Å². The third kappa shape index (κ3) is 3.03. The molecule has 0 amide bonds. The first-order valence-corrected chi connectivity index (χ1v) is 4.87. The van der Waals surface area contributed by atoms with Crippen LogP contribution < -0.4 is 0 Å². The number of nitro groups is 1. The van der Waals surface area contributed by atoms with Gasteiger partial charge in [-0.1, -0.05) is 36.4 Å². The van der Waals surface area contributed by atoms with Gasteiger partial charge >= 0.3 is 0 Å². The number of benzene rings is 1. The average Bonchev–Trinajstić information content (AvgIpc) is 2.29. The molecule has 0 aliphatic heterocycles. The molecule has 1 rings (SSSR count). The van der Waals surface area contributed by atoms with Crippen molar-refractivity contribution in [1.82, 2.24) is 0 Å². The summed E-state index contributed by atoms with van der Waals surface area (Å²) in [6, 6.07) is 6.16. The van der Waals surface area contributed by atoms with Crippen molar-refractivity contribution in [2.45, 2.75) is 13.0 Å². The van der Waals surface area contributed by atoms with Crippen molar-refractivity contribution in [2.75, 3.05) is 0 Å². The molecule has 1 atom stereocenters. The molecule has 0 aliphatic rings. The summed E-state index contributed by atoms with van der Waals surface area (Å²) < 4.78 is 0. The van der Waals surface area contributed by atoms with Crippen LogP contribution in [0.25, 0.3) is 0 Å². The SMILES string of the molecule is C/C=C/C=C/C(O)c1ccccc1[N+](=O)[O-]. The van der Waals surface area contributed by atoms with Gasteiger partial charge in [0.05, 0.1) is 10.5 Å². The molecule has 1 aromatic rings. The van der Waals surface area contributed by atoms with E-state index in [0.29, 0.717) is 5.56 Å². The van der Waals surface area contributed by atoms with Crippen LogP contribution in [0.3, 0.4) is 0 Å². The Morgan fingerprint density at radius 1 is 1.38 bits per heavy atom. The van der Waals surface area contributed by atoms with E-state index in [1.807, 2.05) is 13.0 Å². The van der Waals surface area contributed by atoms with Gasteiger partial charge in [-0.3, -0.25) is 10.1 Å². The Labute approximate surface area is 93.7 Å². The van der Waals surface area contributed by atoms with Gasteiger partial charge in [0.25, 0.3) is 5.69 Å². The maximum Gasteiger partial charge on any atom is 0.275 e. The number of allylic oxidation sites excluding steroid dienone is 3. The van der Waals surface area contributed by atoms with Gasteiger partial charge in [-0.15, -0.1) is 0 Å². The summed E-state index contributed by atoms with van der Waals surface area (Å²) in [6.45, 7) is 1.85. The molecule has 0 aliphatic carbocycles. The molecule has 0 saturated carbocycles. The maximum atomic E-state index is 10.7. The van der Waals surface area contributed by atoms with Crippen molar-refractivity contribution in [2.24, 2.45) is 0 Å². The monoisotopic (exact) mass is 219 g/mol. The number of aliphatic hydroxyl groups excluding tert-OH is 1. The molecular weight excluding hydrogens is 206 g/mol. The normalized spacial score (nSPS) is 13.4. The third-order valence-corrected chi connectivity index (χ3v) is 2.05. The standard InChI is InChI=1S/C12H13NO3/c1-2-3-4-9-12(14)10-7-5-6-8-11(10)13(15)16/h2-9,12,14H,1H3/b3-2+,9-4+. The molecule has 16 heavy (non-hydrogen) atoms. The van der Waals surface area contributed by atoms with E-state index < -0.39 is 11.0 Å². The fraction of sp³-hybridized carbons (Fsp3) is 0.167. The number of hydrogen-bond acceptors (Lipinski definition) is 3. The molecular formula is C12H13NO3. The Morgan fingerprint density at radius 3 is 2.69 bits per heavy atom. The third-order valence-electron chi connectivity index (χ3n) is 2.05. The van der Waals surface area contributed by atoms with Gasteiger partial charge in [-0.25, -0.2) is 0 Å². The molecule has 0 aromatic heterocycles. The van der Waals surface area contributed by atoms with Crippen LogP contribution in [-0.4, -0.2) is 10.0 Å². The molecule has 0 heterocycles. The maximum absolute atomic E-state index is 10.7. The van der Waals surface area contributed by atoms with Crippen LogP contribution in [0, 0.1) is 10.1 Å². The summed E-state index contributed by atoms with van der Waals surface area (Å²) >= 11 is 0. The second kappa shape index (κ2) is 5.82. The quantitative estimate of drug-likeness (QED) is 0.481. The minimum Gasteiger partial charge on any atom is -0.384 e. The first-order valence-electron chi connectivity index (χ1n) is 4.87. The zero-order valence-electron chi connectivity index (χ0n) is 8.91. The van der Waals surface area contributed by atoms with Crippen molar-refractivity contribution in [3.63, 3.8) is 0 Å². The summed E-state index contributed by atoms with van der Waals surface area (Å²) in [4.78, 5) is 10.2. The molecule has 1 aromatic carbocycles. The van der Waals surface area contributed by atoms with Gasteiger partial charge in [-0.2, -0.15) is 0 Å². The molecule has 0 fully saturated rings. The summed E-state index contributed by atoms with van der Waals surface area (Å²) in [7, 11) is 0. The van der Waals surface area contributed by atoms with Gasteiger partial charge in [-0.05, 0) is 13.0 Å². The van der Waals surface area contributed by atoms with E-state index in [4.69, 9.17) is 0 Å². The van der Waals surface area contributed by atoms with Crippen molar-refractivity contribution in [3.05, 3.63) is 64.2 Å². The number of hydrogen-bond donors (Lipinski definition) is 1.